The molecule has 19 heavy (non-hydrogen) atoms. The molecule has 2 rings (SSSR count). The summed E-state index contributed by atoms with van der Waals surface area (Å²) in [6.45, 7) is 5.61. The van der Waals surface area contributed by atoms with Crippen molar-refractivity contribution >= 4 is 0 Å². The van der Waals surface area contributed by atoms with E-state index in [1.165, 1.54) is 12.8 Å². The van der Waals surface area contributed by atoms with E-state index >= 15 is 0 Å². The molecule has 0 saturated heterocycles. The minimum Gasteiger partial charge on any atom is -0.454 e. The first kappa shape index (κ1) is 14.2. The Labute approximate surface area is 115 Å². The number of ether oxygens (including phenoxy) is 2. The van der Waals surface area contributed by atoms with Gasteiger partial charge in [-0.1, -0.05) is 19.4 Å². The molecule has 0 radical (unpaired) electrons. The van der Waals surface area contributed by atoms with Gasteiger partial charge in [-0.25, -0.2) is 0 Å². The standard InChI is InChI=1S/C15H24N2O2/c1-4-5-11(2)17(3)9-13(16)12-6-7-14-15(8-12)19-10-18-14/h6-8,11,13H,4-5,9-10,16H2,1-3H3. The lowest BCUT2D eigenvalue weighted by molar-refractivity contribution is 0.174. The Morgan fingerprint density at radius 2 is 2.05 bits per heavy atom. The largest absolute Gasteiger partial charge is 0.454 e. The summed E-state index contributed by atoms with van der Waals surface area (Å²) in [5, 5.41) is 0. The molecule has 0 bridgehead atoms. The van der Waals surface area contributed by atoms with E-state index in [0.29, 0.717) is 12.8 Å². The monoisotopic (exact) mass is 264 g/mol. The number of hydrogen-bond acceptors (Lipinski definition) is 4. The van der Waals surface area contributed by atoms with E-state index < -0.39 is 0 Å². The molecule has 2 atom stereocenters. The number of benzene rings is 1. The number of hydrogen-bond donors (Lipinski definition) is 1. The highest BCUT2D eigenvalue weighted by molar-refractivity contribution is 5.45. The summed E-state index contributed by atoms with van der Waals surface area (Å²) in [5.74, 6) is 1.61. The van der Waals surface area contributed by atoms with Crippen LogP contribution < -0.4 is 15.2 Å². The smallest absolute Gasteiger partial charge is 0.231 e. The molecule has 1 aliphatic heterocycles. The molecule has 0 spiro atoms. The van der Waals surface area contributed by atoms with Gasteiger partial charge in [-0.15, -0.1) is 0 Å². The van der Waals surface area contributed by atoms with E-state index in [0.717, 1.165) is 23.6 Å². The molecule has 1 aromatic rings. The Kier molecular flexibility index (Phi) is 4.66. The average Bonchev–Trinajstić information content (AvgIpc) is 2.85. The maximum Gasteiger partial charge on any atom is 0.231 e. The molecule has 0 aromatic heterocycles. The fourth-order valence-corrected chi connectivity index (χ4v) is 2.38. The van der Waals surface area contributed by atoms with Crippen LogP contribution in [0.25, 0.3) is 0 Å². The van der Waals surface area contributed by atoms with Crippen LogP contribution in [-0.4, -0.2) is 31.3 Å². The fraction of sp³-hybridized carbons (Fsp3) is 0.600. The van der Waals surface area contributed by atoms with E-state index in [4.69, 9.17) is 15.2 Å². The van der Waals surface area contributed by atoms with Crippen LogP contribution >= 0.6 is 0 Å². The minimum atomic E-state index is -0.00111. The second kappa shape index (κ2) is 6.26. The first-order chi connectivity index (χ1) is 9.11. The van der Waals surface area contributed by atoms with Gasteiger partial charge in [-0.05, 0) is 38.1 Å². The van der Waals surface area contributed by atoms with Gasteiger partial charge in [0.15, 0.2) is 11.5 Å². The van der Waals surface area contributed by atoms with E-state index in [9.17, 15) is 0 Å². The van der Waals surface area contributed by atoms with Gasteiger partial charge >= 0.3 is 0 Å². The van der Waals surface area contributed by atoms with Crippen molar-refractivity contribution in [2.75, 3.05) is 20.4 Å². The van der Waals surface area contributed by atoms with Gasteiger partial charge in [0.1, 0.15) is 0 Å². The molecular weight excluding hydrogens is 240 g/mol. The predicted molar refractivity (Wildman–Crippen MR) is 76.5 cm³/mol. The summed E-state index contributed by atoms with van der Waals surface area (Å²) >= 11 is 0. The Balaban J connectivity index is 1.98. The topological polar surface area (TPSA) is 47.7 Å². The third kappa shape index (κ3) is 3.39. The van der Waals surface area contributed by atoms with Crippen molar-refractivity contribution < 1.29 is 9.47 Å². The predicted octanol–water partition coefficient (Wildman–Crippen LogP) is 2.54. The lowest BCUT2D eigenvalue weighted by Gasteiger charge is -2.27. The van der Waals surface area contributed by atoms with Gasteiger partial charge in [0.2, 0.25) is 6.79 Å². The number of likely N-dealkylation sites (N-methyl/N-ethyl adjacent to an activating group) is 1. The highest BCUT2D eigenvalue weighted by atomic mass is 16.7. The highest BCUT2D eigenvalue weighted by Gasteiger charge is 2.18. The van der Waals surface area contributed by atoms with Gasteiger partial charge in [-0.3, -0.25) is 0 Å². The van der Waals surface area contributed by atoms with Gasteiger partial charge in [-0.2, -0.15) is 0 Å². The van der Waals surface area contributed by atoms with Gasteiger partial charge in [0.05, 0.1) is 0 Å². The Hall–Kier alpha value is -1.26. The Bertz CT molecular complexity index is 423. The maximum absolute atomic E-state index is 6.29. The third-order valence-corrected chi connectivity index (χ3v) is 3.77. The summed E-state index contributed by atoms with van der Waals surface area (Å²) in [7, 11) is 2.13. The quantitative estimate of drug-likeness (QED) is 0.857. The van der Waals surface area contributed by atoms with Crippen LogP contribution in [0, 0.1) is 0 Å². The molecule has 0 aliphatic carbocycles. The van der Waals surface area contributed by atoms with Crippen molar-refractivity contribution in [1.82, 2.24) is 4.90 Å². The Morgan fingerprint density at radius 3 is 2.79 bits per heavy atom. The van der Waals surface area contributed by atoms with Crippen molar-refractivity contribution in [1.29, 1.82) is 0 Å². The molecule has 0 amide bonds. The first-order valence-electron chi connectivity index (χ1n) is 6.97. The number of nitrogens with two attached hydrogens (primary N) is 1. The summed E-state index contributed by atoms with van der Waals surface area (Å²) in [6.07, 6.45) is 2.40. The zero-order chi connectivity index (χ0) is 13.8. The maximum atomic E-state index is 6.29. The number of fused-ring (bicyclic) bond motifs is 1. The molecule has 1 aliphatic rings. The summed E-state index contributed by atoms with van der Waals surface area (Å²) < 4.78 is 10.7. The first-order valence-corrected chi connectivity index (χ1v) is 6.97. The zero-order valence-corrected chi connectivity index (χ0v) is 12.1. The molecule has 4 heteroatoms. The van der Waals surface area contributed by atoms with Gasteiger partial charge in [0, 0.05) is 18.6 Å². The molecule has 2 unspecified atom stereocenters. The third-order valence-electron chi connectivity index (χ3n) is 3.77. The van der Waals surface area contributed by atoms with E-state index in [1.807, 2.05) is 18.2 Å². The van der Waals surface area contributed by atoms with Crippen LogP contribution in [0.1, 0.15) is 38.3 Å². The lowest BCUT2D eigenvalue weighted by atomic mass is 10.1. The molecule has 1 heterocycles. The molecule has 1 aromatic carbocycles. The van der Waals surface area contributed by atoms with Gasteiger partial charge < -0.3 is 20.1 Å². The minimum absolute atomic E-state index is 0.00111. The molecule has 4 nitrogen and oxygen atoms in total. The highest BCUT2D eigenvalue weighted by Crippen LogP contribution is 2.33. The summed E-state index contributed by atoms with van der Waals surface area (Å²) in [6, 6.07) is 6.51. The normalized spacial score (nSPS) is 16.7. The second-order valence-electron chi connectivity index (χ2n) is 5.30. The van der Waals surface area contributed by atoms with Crippen molar-refractivity contribution in [2.24, 2.45) is 5.73 Å². The van der Waals surface area contributed by atoms with Crippen LogP contribution in [0.2, 0.25) is 0 Å². The number of rotatable bonds is 6. The van der Waals surface area contributed by atoms with Crippen LogP contribution in [0.3, 0.4) is 0 Å². The van der Waals surface area contributed by atoms with Crippen molar-refractivity contribution in [3.8, 4) is 11.5 Å². The SMILES string of the molecule is CCCC(C)N(C)CC(N)c1ccc2c(c1)OCO2. The Morgan fingerprint density at radius 1 is 1.32 bits per heavy atom. The van der Waals surface area contributed by atoms with Gasteiger partial charge in [0.25, 0.3) is 0 Å². The zero-order valence-electron chi connectivity index (χ0n) is 12.1. The van der Waals surface area contributed by atoms with Crippen molar-refractivity contribution in [3.05, 3.63) is 23.8 Å². The molecular formula is C15H24N2O2. The van der Waals surface area contributed by atoms with Crippen molar-refractivity contribution in [2.45, 2.75) is 38.8 Å². The second-order valence-corrected chi connectivity index (χ2v) is 5.30. The fourth-order valence-electron chi connectivity index (χ4n) is 2.38. The van der Waals surface area contributed by atoms with Crippen LogP contribution in [0.4, 0.5) is 0 Å². The molecule has 2 N–H and O–H groups in total. The van der Waals surface area contributed by atoms with Crippen LogP contribution in [-0.2, 0) is 0 Å². The van der Waals surface area contributed by atoms with E-state index in [1.54, 1.807) is 0 Å². The van der Waals surface area contributed by atoms with E-state index in [-0.39, 0.29) is 6.04 Å². The molecule has 0 saturated carbocycles. The lowest BCUT2D eigenvalue weighted by Crippen LogP contribution is -2.35. The average molecular weight is 264 g/mol. The van der Waals surface area contributed by atoms with Crippen LogP contribution in [0.15, 0.2) is 18.2 Å². The van der Waals surface area contributed by atoms with Crippen LogP contribution in [0.5, 0.6) is 11.5 Å². The summed E-state index contributed by atoms with van der Waals surface area (Å²) in [5.41, 5.74) is 7.38. The van der Waals surface area contributed by atoms with Crippen molar-refractivity contribution in [3.63, 3.8) is 0 Å². The molecule has 106 valence electrons. The van der Waals surface area contributed by atoms with E-state index in [2.05, 4.69) is 25.8 Å². The summed E-state index contributed by atoms with van der Waals surface area (Å²) in [4.78, 5) is 2.32. The molecule has 0 fully saturated rings. The number of nitrogens with zero attached hydrogens (tertiary/aromatic N) is 1.